The Kier molecular flexibility index (Phi) is 7.38. The molecule has 0 saturated heterocycles. The van der Waals surface area contributed by atoms with Crippen molar-refractivity contribution in [3.63, 3.8) is 0 Å². The van der Waals surface area contributed by atoms with Crippen molar-refractivity contribution in [2.75, 3.05) is 19.0 Å². The van der Waals surface area contributed by atoms with Crippen LogP contribution in [0.2, 0.25) is 0 Å². The Morgan fingerprint density at radius 1 is 1.19 bits per heavy atom. The molecule has 0 aliphatic rings. The molecule has 144 valence electrons. The second-order valence-corrected chi connectivity index (χ2v) is 7.10. The number of carbonyl (C=O) groups is 2. The quantitative estimate of drug-likeness (QED) is 0.641. The zero-order chi connectivity index (χ0) is 20.0. The van der Waals surface area contributed by atoms with Gasteiger partial charge in [0.05, 0.1) is 18.1 Å². The van der Waals surface area contributed by atoms with Crippen LogP contribution in [-0.2, 0) is 4.79 Å². The van der Waals surface area contributed by atoms with Crippen LogP contribution in [0.1, 0.15) is 29.7 Å². The van der Waals surface area contributed by atoms with E-state index in [1.54, 1.807) is 13.2 Å². The maximum absolute atomic E-state index is 12.0. The zero-order valence-electron chi connectivity index (χ0n) is 15.9. The van der Waals surface area contributed by atoms with Crippen LogP contribution < -0.4 is 20.7 Å². The Hall–Kier alpha value is -2.38. The van der Waals surface area contributed by atoms with Gasteiger partial charge in [0, 0.05) is 11.7 Å². The van der Waals surface area contributed by atoms with Gasteiger partial charge in [-0.3, -0.25) is 10.1 Å². The lowest BCUT2D eigenvalue weighted by atomic mass is 10.1. The van der Waals surface area contributed by atoms with E-state index in [9.17, 15) is 9.59 Å². The predicted molar refractivity (Wildman–Crippen MR) is 110 cm³/mol. The smallest absolute Gasteiger partial charge is 0.325 e. The molecule has 0 bridgehead atoms. The molecule has 1 atom stereocenters. The average Bonchev–Trinajstić information content (AvgIpc) is 2.63. The Labute approximate surface area is 167 Å². The third kappa shape index (κ3) is 5.80. The Balaban J connectivity index is 1.85. The molecule has 0 spiro atoms. The summed E-state index contributed by atoms with van der Waals surface area (Å²) in [4.78, 5) is 24.1. The van der Waals surface area contributed by atoms with Crippen molar-refractivity contribution in [1.29, 1.82) is 0 Å². The number of hydrogen-bond donors (Lipinski definition) is 3. The number of anilines is 1. The van der Waals surface area contributed by atoms with Crippen molar-refractivity contribution in [3.8, 4) is 5.75 Å². The van der Waals surface area contributed by atoms with Crippen molar-refractivity contribution in [2.45, 2.75) is 26.8 Å². The number of benzene rings is 2. The van der Waals surface area contributed by atoms with Gasteiger partial charge >= 0.3 is 6.03 Å². The fourth-order valence-electron chi connectivity index (χ4n) is 2.53. The fourth-order valence-corrected chi connectivity index (χ4v) is 3.08. The minimum absolute atomic E-state index is 0.0189. The van der Waals surface area contributed by atoms with Gasteiger partial charge in [0.1, 0.15) is 5.75 Å². The van der Waals surface area contributed by atoms with Crippen molar-refractivity contribution < 1.29 is 14.3 Å². The van der Waals surface area contributed by atoms with Crippen molar-refractivity contribution >= 4 is 33.6 Å². The van der Waals surface area contributed by atoms with Gasteiger partial charge in [-0.15, -0.1) is 0 Å². The number of ether oxygens (including phenoxy) is 1. The number of nitrogens with one attached hydrogen (secondary N) is 3. The minimum atomic E-state index is -0.546. The van der Waals surface area contributed by atoms with Crippen LogP contribution in [-0.4, -0.2) is 25.6 Å². The molecular weight excluding hydrogens is 410 g/mol. The number of carbonyl (C=O) groups excluding carboxylic acids is 2. The average molecular weight is 434 g/mol. The van der Waals surface area contributed by atoms with Crippen molar-refractivity contribution in [3.05, 3.63) is 57.6 Å². The second kappa shape index (κ2) is 9.53. The molecule has 6 nitrogen and oxygen atoms in total. The first-order valence-corrected chi connectivity index (χ1v) is 9.35. The van der Waals surface area contributed by atoms with E-state index in [0.29, 0.717) is 5.69 Å². The van der Waals surface area contributed by atoms with Gasteiger partial charge in [0.15, 0.2) is 0 Å². The largest absolute Gasteiger partial charge is 0.496 e. The Morgan fingerprint density at radius 3 is 2.59 bits per heavy atom. The van der Waals surface area contributed by atoms with Gasteiger partial charge in [0.2, 0.25) is 5.91 Å². The summed E-state index contributed by atoms with van der Waals surface area (Å²) in [6.45, 7) is 5.85. The van der Waals surface area contributed by atoms with Crippen LogP contribution in [0.3, 0.4) is 0 Å². The predicted octanol–water partition coefficient (Wildman–Crippen LogP) is 4.07. The van der Waals surface area contributed by atoms with E-state index in [2.05, 4.69) is 31.9 Å². The first-order valence-electron chi connectivity index (χ1n) is 8.55. The van der Waals surface area contributed by atoms with Gasteiger partial charge in [-0.25, -0.2) is 4.79 Å². The molecule has 7 heteroatoms. The van der Waals surface area contributed by atoms with Crippen LogP contribution in [0.25, 0.3) is 0 Å². The SMILES string of the molecule is COc1ccc(C(C)NCC(=O)NC(=O)Nc2cccc(C)c2C)cc1Br. The van der Waals surface area contributed by atoms with E-state index in [1.165, 1.54) is 0 Å². The minimum Gasteiger partial charge on any atom is -0.496 e. The maximum atomic E-state index is 12.0. The summed E-state index contributed by atoms with van der Waals surface area (Å²) in [6, 6.07) is 10.7. The first kappa shape index (κ1) is 20.9. The van der Waals surface area contributed by atoms with Gasteiger partial charge < -0.3 is 15.4 Å². The summed E-state index contributed by atoms with van der Waals surface area (Å²) in [5.41, 5.74) is 3.72. The monoisotopic (exact) mass is 433 g/mol. The number of urea groups is 1. The lowest BCUT2D eigenvalue weighted by Crippen LogP contribution is -2.40. The molecule has 0 radical (unpaired) electrons. The molecule has 0 fully saturated rings. The summed E-state index contributed by atoms with van der Waals surface area (Å²) < 4.78 is 6.05. The third-order valence-electron chi connectivity index (χ3n) is 4.35. The van der Waals surface area contributed by atoms with Gasteiger partial charge in [-0.1, -0.05) is 18.2 Å². The van der Waals surface area contributed by atoms with Crippen LogP contribution in [0.4, 0.5) is 10.5 Å². The molecule has 0 saturated carbocycles. The summed E-state index contributed by atoms with van der Waals surface area (Å²) >= 11 is 3.45. The van der Waals surface area contributed by atoms with Crippen LogP contribution in [0, 0.1) is 13.8 Å². The van der Waals surface area contributed by atoms with E-state index in [4.69, 9.17) is 4.74 Å². The molecule has 0 aliphatic heterocycles. The summed E-state index contributed by atoms with van der Waals surface area (Å²) in [5.74, 6) is 0.337. The summed E-state index contributed by atoms with van der Waals surface area (Å²) in [5, 5.41) is 8.13. The first-order chi connectivity index (χ1) is 12.8. The highest BCUT2D eigenvalue weighted by Crippen LogP contribution is 2.27. The highest BCUT2D eigenvalue weighted by molar-refractivity contribution is 9.10. The summed E-state index contributed by atoms with van der Waals surface area (Å²) in [6.07, 6.45) is 0. The number of hydrogen-bond acceptors (Lipinski definition) is 4. The van der Waals surface area contributed by atoms with E-state index in [-0.39, 0.29) is 12.6 Å². The van der Waals surface area contributed by atoms with Crippen LogP contribution >= 0.6 is 15.9 Å². The molecular formula is C20H24BrN3O3. The number of amides is 3. The lowest BCUT2D eigenvalue weighted by molar-refractivity contribution is -0.119. The highest BCUT2D eigenvalue weighted by Gasteiger charge is 2.13. The van der Waals surface area contributed by atoms with Crippen molar-refractivity contribution in [2.24, 2.45) is 0 Å². The molecule has 27 heavy (non-hydrogen) atoms. The molecule has 2 rings (SSSR count). The second-order valence-electron chi connectivity index (χ2n) is 6.25. The van der Waals surface area contributed by atoms with Crippen molar-refractivity contribution in [1.82, 2.24) is 10.6 Å². The van der Waals surface area contributed by atoms with Crippen LogP contribution in [0.5, 0.6) is 5.75 Å². The molecule has 0 aliphatic carbocycles. The summed E-state index contributed by atoms with van der Waals surface area (Å²) in [7, 11) is 1.61. The number of rotatable bonds is 6. The molecule has 2 aromatic rings. The standard InChI is InChI=1S/C20H24BrN3O3/c1-12-6-5-7-17(13(12)2)23-20(26)24-19(25)11-22-14(3)15-8-9-18(27-4)16(21)10-15/h5-10,14,22H,11H2,1-4H3,(H2,23,24,25,26). The molecule has 0 aromatic heterocycles. The third-order valence-corrected chi connectivity index (χ3v) is 4.97. The van der Waals surface area contributed by atoms with Gasteiger partial charge in [-0.2, -0.15) is 0 Å². The maximum Gasteiger partial charge on any atom is 0.325 e. The van der Waals surface area contributed by atoms with Gasteiger partial charge in [0.25, 0.3) is 0 Å². The van der Waals surface area contributed by atoms with E-state index >= 15 is 0 Å². The topological polar surface area (TPSA) is 79.5 Å². The zero-order valence-corrected chi connectivity index (χ0v) is 17.4. The fraction of sp³-hybridized carbons (Fsp3) is 0.300. The van der Waals surface area contributed by atoms with E-state index in [0.717, 1.165) is 26.9 Å². The van der Waals surface area contributed by atoms with Crippen LogP contribution in [0.15, 0.2) is 40.9 Å². The number of imide groups is 1. The Bertz CT molecular complexity index is 839. The highest BCUT2D eigenvalue weighted by atomic mass is 79.9. The van der Waals surface area contributed by atoms with E-state index in [1.807, 2.05) is 51.1 Å². The number of methoxy groups -OCH3 is 1. The molecule has 3 amide bonds. The molecule has 0 heterocycles. The molecule has 2 aromatic carbocycles. The van der Waals surface area contributed by atoms with Gasteiger partial charge in [-0.05, 0) is 71.6 Å². The Morgan fingerprint density at radius 2 is 1.93 bits per heavy atom. The number of halogens is 1. The van der Waals surface area contributed by atoms with E-state index < -0.39 is 11.9 Å². The number of aryl methyl sites for hydroxylation is 1. The lowest BCUT2D eigenvalue weighted by Gasteiger charge is -2.16. The normalized spacial score (nSPS) is 11.6. The molecule has 1 unspecified atom stereocenters. The molecule has 3 N–H and O–H groups in total.